The molecule has 1 fully saturated rings. The van der Waals surface area contributed by atoms with E-state index in [1.807, 2.05) is 6.92 Å². The first-order valence-corrected chi connectivity index (χ1v) is 7.26. The molecular weight excluding hydrogens is 287 g/mol. The maximum atomic E-state index is 10.4. The van der Waals surface area contributed by atoms with Crippen LogP contribution in [0.4, 0.5) is 0 Å². The molecule has 0 saturated carbocycles. The Kier molecular flexibility index (Phi) is 5.34. The Balaban J connectivity index is 2.21. The van der Waals surface area contributed by atoms with Crippen LogP contribution in [0.2, 0.25) is 10.0 Å². The summed E-state index contributed by atoms with van der Waals surface area (Å²) in [6.45, 7) is 3.73. The van der Waals surface area contributed by atoms with Gasteiger partial charge in [0.2, 0.25) is 0 Å². The molecule has 106 valence electrons. The average Bonchev–Trinajstić information content (AvgIpc) is 2.43. The molecule has 1 aromatic rings. The molecule has 1 saturated heterocycles. The molecule has 1 heterocycles. The molecule has 0 bridgehead atoms. The highest BCUT2D eigenvalue weighted by Gasteiger charge is 2.26. The summed E-state index contributed by atoms with van der Waals surface area (Å²) < 4.78 is 10.8. The second kappa shape index (κ2) is 6.80. The Morgan fingerprint density at radius 1 is 1.42 bits per heavy atom. The molecule has 0 radical (unpaired) electrons. The highest BCUT2D eigenvalue weighted by Crippen LogP contribution is 2.38. The molecule has 1 aliphatic heterocycles. The van der Waals surface area contributed by atoms with E-state index in [0.717, 1.165) is 19.4 Å². The largest absolute Gasteiger partial charge is 0.492 e. The normalized spacial score (nSPS) is 21.2. The van der Waals surface area contributed by atoms with E-state index in [-0.39, 0.29) is 5.92 Å². The molecule has 2 unspecified atom stereocenters. The maximum absolute atomic E-state index is 10.4. The Morgan fingerprint density at radius 3 is 2.84 bits per heavy atom. The van der Waals surface area contributed by atoms with Gasteiger partial charge < -0.3 is 14.6 Å². The van der Waals surface area contributed by atoms with Crippen molar-refractivity contribution < 1.29 is 14.6 Å². The number of aliphatic hydroxyl groups is 1. The second-order valence-corrected chi connectivity index (χ2v) is 5.47. The molecule has 2 rings (SSSR count). The number of rotatable bonds is 4. The van der Waals surface area contributed by atoms with Gasteiger partial charge in [0.05, 0.1) is 29.4 Å². The monoisotopic (exact) mass is 304 g/mol. The fourth-order valence-corrected chi connectivity index (χ4v) is 2.80. The zero-order valence-electron chi connectivity index (χ0n) is 10.9. The highest BCUT2D eigenvalue weighted by atomic mass is 35.5. The minimum atomic E-state index is -0.652. The van der Waals surface area contributed by atoms with Crippen LogP contribution in [-0.2, 0) is 4.74 Å². The summed E-state index contributed by atoms with van der Waals surface area (Å²) in [5.41, 5.74) is 0.644. The molecule has 1 aliphatic rings. The molecular formula is C14H18Cl2O3. The van der Waals surface area contributed by atoms with Crippen LogP contribution in [0.15, 0.2) is 12.1 Å². The predicted molar refractivity (Wildman–Crippen MR) is 76.1 cm³/mol. The van der Waals surface area contributed by atoms with Crippen LogP contribution in [0.25, 0.3) is 0 Å². The minimum Gasteiger partial charge on any atom is -0.492 e. The number of aliphatic hydroxyl groups excluding tert-OH is 1. The van der Waals surface area contributed by atoms with Crippen molar-refractivity contribution in [3.63, 3.8) is 0 Å². The van der Waals surface area contributed by atoms with Crippen LogP contribution >= 0.6 is 23.2 Å². The lowest BCUT2D eigenvalue weighted by atomic mass is 9.91. The zero-order valence-corrected chi connectivity index (χ0v) is 12.4. The molecule has 1 N–H and O–H groups in total. The van der Waals surface area contributed by atoms with Gasteiger partial charge in [-0.2, -0.15) is 0 Å². The van der Waals surface area contributed by atoms with E-state index in [1.54, 1.807) is 12.1 Å². The van der Waals surface area contributed by atoms with Gasteiger partial charge in [0.25, 0.3) is 0 Å². The SMILES string of the molecule is CCOc1cc(Cl)c(C(O)C2CCCOC2)cc1Cl. The number of hydrogen-bond donors (Lipinski definition) is 1. The van der Waals surface area contributed by atoms with Crippen LogP contribution < -0.4 is 4.74 Å². The van der Waals surface area contributed by atoms with Gasteiger partial charge in [-0.25, -0.2) is 0 Å². The third-order valence-electron chi connectivity index (χ3n) is 3.31. The number of hydrogen-bond acceptors (Lipinski definition) is 3. The van der Waals surface area contributed by atoms with Crippen LogP contribution in [0.1, 0.15) is 31.4 Å². The summed E-state index contributed by atoms with van der Waals surface area (Å²) in [6, 6.07) is 3.35. The van der Waals surface area contributed by atoms with Crippen molar-refractivity contribution in [3.8, 4) is 5.75 Å². The van der Waals surface area contributed by atoms with Crippen molar-refractivity contribution in [2.24, 2.45) is 5.92 Å². The first-order chi connectivity index (χ1) is 9.13. The lowest BCUT2D eigenvalue weighted by molar-refractivity contribution is -0.00993. The molecule has 0 spiro atoms. The Bertz CT molecular complexity index is 431. The van der Waals surface area contributed by atoms with E-state index in [9.17, 15) is 5.11 Å². The number of ether oxygens (including phenoxy) is 2. The Hall–Kier alpha value is -0.480. The zero-order chi connectivity index (χ0) is 13.8. The van der Waals surface area contributed by atoms with Gasteiger partial charge in [-0.1, -0.05) is 23.2 Å². The Labute approximate surface area is 123 Å². The summed E-state index contributed by atoms with van der Waals surface area (Å²) in [5, 5.41) is 11.4. The third-order valence-corrected chi connectivity index (χ3v) is 3.93. The Morgan fingerprint density at radius 2 is 2.21 bits per heavy atom. The molecule has 5 heteroatoms. The van der Waals surface area contributed by atoms with Gasteiger partial charge in [0.15, 0.2) is 0 Å². The van der Waals surface area contributed by atoms with E-state index >= 15 is 0 Å². The summed E-state index contributed by atoms with van der Waals surface area (Å²) in [6.07, 6.45) is 1.24. The summed E-state index contributed by atoms with van der Waals surface area (Å²) >= 11 is 12.3. The molecule has 19 heavy (non-hydrogen) atoms. The quantitative estimate of drug-likeness (QED) is 0.918. The van der Waals surface area contributed by atoms with Crippen LogP contribution in [0.3, 0.4) is 0 Å². The molecule has 3 nitrogen and oxygen atoms in total. The lowest BCUT2D eigenvalue weighted by Gasteiger charge is -2.27. The molecule has 0 aliphatic carbocycles. The van der Waals surface area contributed by atoms with Crippen LogP contribution in [-0.4, -0.2) is 24.9 Å². The number of halogens is 2. The second-order valence-electron chi connectivity index (χ2n) is 4.66. The minimum absolute atomic E-state index is 0.0697. The predicted octanol–water partition coefficient (Wildman–Crippen LogP) is 3.85. The van der Waals surface area contributed by atoms with Crippen molar-refractivity contribution in [2.45, 2.75) is 25.9 Å². The van der Waals surface area contributed by atoms with Crippen molar-refractivity contribution in [1.82, 2.24) is 0 Å². The van der Waals surface area contributed by atoms with Crippen molar-refractivity contribution in [2.75, 3.05) is 19.8 Å². The topological polar surface area (TPSA) is 38.7 Å². The molecule has 2 atom stereocenters. The first-order valence-electron chi connectivity index (χ1n) is 6.51. The van der Waals surface area contributed by atoms with Crippen molar-refractivity contribution in [1.29, 1.82) is 0 Å². The number of benzene rings is 1. The molecule has 0 aromatic heterocycles. The fourth-order valence-electron chi connectivity index (χ4n) is 2.31. The van der Waals surface area contributed by atoms with Crippen molar-refractivity contribution >= 4 is 23.2 Å². The summed E-state index contributed by atoms with van der Waals surface area (Å²) in [4.78, 5) is 0. The maximum Gasteiger partial charge on any atom is 0.139 e. The molecule has 1 aromatic carbocycles. The van der Waals surface area contributed by atoms with E-state index in [0.29, 0.717) is 34.6 Å². The van der Waals surface area contributed by atoms with Crippen LogP contribution in [0.5, 0.6) is 5.75 Å². The van der Waals surface area contributed by atoms with E-state index < -0.39 is 6.10 Å². The van der Waals surface area contributed by atoms with Gasteiger partial charge in [-0.15, -0.1) is 0 Å². The van der Waals surface area contributed by atoms with Gasteiger partial charge in [-0.3, -0.25) is 0 Å². The van der Waals surface area contributed by atoms with Gasteiger partial charge in [-0.05, 0) is 25.8 Å². The molecule has 0 amide bonds. The van der Waals surface area contributed by atoms with E-state index in [4.69, 9.17) is 32.7 Å². The van der Waals surface area contributed by atoms with E-state index in [2.05, 4.69) is 0 Å². The van der Waals surface area contributed by atoms with Gasteiger partial charge in [0.1, 0.15) is 5.75 Å². The lowest BCUT2D eigenvalue weighted by Crippen LogP contribution is -2.23. The summed E-state index contributed by atoms with van der Waals surface area (Å²) in [7, 11) is 0. The standard InChI is InChI=1S/C14H18Cl2O3/c1-2-19-13-7-11(15)10(6-12(13)16)14(17)9-4-3-5-18-8-9/h6-7,9,14,17H,2-5,8H2,1H3. The van der Waals surface area contributed by atoms with Gasteiger partial charge in [0, 0.05) is 24.2 Å². The smallest absolute Gasteiger partial charge is 0.139 e. The van der Waals surface area contributed by atoms with Crippen LogP contribution in [0, 0.1) is 5.92 Å². The van der Waals surface area contributed by atoms with Crippen molar-refractivity contribution in [3.05, 3.63) is 27.7 Å². The third kappa shape index (κ3) is 3.54. The fraction of sp³-hybridized carbons (Fsp3) is 0.571. The highest BCUT2D eigenvalue weighted by molar-refractivity contribution is 6.34. The van der Waals surface area contributed by atoms with E-state index in [1.165, 1.54) is 0 Å². The average molecular weight is 305 g/mol. The van der Waals surface area contributed by atoms with Gasteiger partial charge >= 0.3 is 0 Å². The summed E-state index contributed by atoms with van der Waals surface area (Å²) in [5.74, 6) is 0.616. The first kappa shape index (κ1) is 14.9.